The Bertz CT molecular complexity index is 593. The normalized spacial score (nSPS) is 23.7. The van der Waals surface area contributed by atoms with E-state index in [0.29, 0.717) is 13.0 Å². The maximum atomic E-state index is 12.8. The number of rotatable bonds is 7. The second-order valence-corrected chi connectivity index (χ2v) is 6.67. The number of carbonyl (C=O) groups excluding carboxylic acids is 2. The summed E-state index contributed by atoms with van der Waals surface area (Å²) in [5, 5.41) is 0. The van der Waals surface area contributed by atoms with E-state index in [2.05, 4.69) is 0 Å². The van der Waals surface area contributed by atoms with Gasteiger partial charge in [0.2, 0.25) is 0 Å². The Hall–Kier alpha value is -2.10. The minimum absolute atomic E-state index is 0.0482. The second kappa shape index (κ2) is 9.40. The lowest BCUT2D eigenvalue weighted by Crippen LogP contribution is -2.38. The highest BCUT2D eigenvalue weighted by Gasteiger charge is 2.40. The molecule has 25 heavy (non-hydrogen) atoms. The van der Waals surface area contributed by atoms with Crippen LogP contribution in [-0.4, -0.2) is 18.5 Å². The maximum absolute atomic E-state index is 12.8. The van der Waals surface area contributed by atoms with Crippen LogP contribution >= 0.6 is 0 Å². The third-order valence-corrected chi connectivity index (χ3v) is 4.71. The molecule has 4 heteroatoms. The number of hydrogen-bond acceptors (Lipinski definition) is 4. The summed E-state index contributed by atoms with van der Waals surface area (Å²) in [4.78, 5) is 25.2. The summed E-state index contributed by atoms with van der Waals surface area (Å²) in [5.41, 5.74) is 0.942. The minimum atomic E-state index is -0.495. The van der Waals surface area contributed by atoms with Crippen LogP contribution in [0.25, 0.3) is 0 Å². The van der Waals surface area contributed by atoms with Gasteiger partial charge in [-0.15, -0.1) is 0 Å². The monoisotopic (exact) mass is 344 g/mol. The van der Waals surface area contributed by atoms with E-state index < -0.39 is 11.8 Å². The third kappa shape index (κ3) is 5.18. The predicted octanol–water partition coefficient (Wildman–Crippen LogP) is 4.46. The lowest BCUT2D eigenvalue weighted by molar-refractivity contribution is -0.166. The molecule has 136 valence electrons. The summed E-state index contributed by atoms with van der Waals surface area (Å²) in [6, 6.07) is 9.62. The molecule has 1 aromatic rings. The Kier molecular flexibility index (Phi) is 7.23. The van der Waals surface area contributed by atoms with Gasteiger partial charge in [-0.1, -0.05) is 62.8 Å². The van der Waals surface area contributed by atoms with Gasteiger partial charge in [0.1, 0.15) is 6.10 Å². The summed E-state index contributed by atoms with van der Waals surface area (Å²) in [5.74, 6) is -1.63. The first-order chi connectivity index (χ1) is 12.0. The minimum Gasteiger partial charge on any atom is -0.465 e. The third-order valence-electron chi connectivity index (χ3n) is 4.71. The molecule has 0 aliphatic heterocycles. The number of ether oxygens (including phenoxy) is 2. The smallest absolute Gasteiger partial charge is 0.311 e. The summed E-state index contributed by atoms with van der Waals surface area (Å²) < 4.78 is 11.0. The fourth-order valence-electron chi connectivity index (χ4n) is 3.16. The molecule has 0 bridgehead atoms. The summed E-state index contributed by atoms with van der Waals surface area (Å²) >= 11 is 0. The van der Waals surface area contributed by atoms with E-state index in [1.165, 1.54) is 0 Å². The van der Waals surface area contributed by atoms with E-state index >= 15 is 0 Å². The molecular weight excluding hydrogens is 316 g/mol. The van der Waals surface area contributed by atoms with Gasteiger partial charge in [0.05, 0.1) is 18.4 Å². The van der Waals surface area contributed by atoms with Crippen LogP contribution in [0.4, 0.5) is 0 Å². The summed E-state index contributed by atoms with van der Waals surface area (Å²) in [6.45, 7) is 6.25. The van der Waals surface area contributed by atoms with Gasteiger partial charge in [-0.2, -0.15) is 0 Å². The molecule has 2 rings (SSSR count). The molecule has 0 saturated carbocycles. The number of hydrogen-bond donors (Lipinski definition) is 0. The topological polar surface area (TPSA) is 52.6 Å². The highest BCUT2D eigenvalue weighted by molar-refractivity contribution is 5.83. The van der Waals surface area contributed by atoms with Crippen LogP contribution in [0.3, 0.4) is 0 Å². The molecule has 4 nitrogen and oxygen atoms in total. The van der Waals surface area contributed by atoms with E-state index in [1.807, 2.05) is 63.3 Å². The zero-order valence-corrected chi connectivity index (χ0v) is 15.3. The highest BCUT2D eigenvalue weighted by Crippen LogP contribution is 2.33. The average Bonchev–Trinajstić information content (AvgIpc) is 2.62. The van der Waals surface area contributed by atoms with Crippen LogP contribution in [0.1, 0.15) is 51.7 Å². The summed E-state index contributed by atoms with van der Waals surface area (Å²) in [7, 11) is 0. The zero-order chi connectivity index (χ0) is 18.2. The Morgan fingerprint density at radius 2 is 1.92 bits per heavy atom. The average molecular weight is 344 g/mol. The van der Waals surface area contributed by atoms with Gasteiger partial charge in [-0.3, -0.25) is 9.59 Å². The fraction of sp³-hybridized carbons (Fsp3) is 0.524. The molecular formula is C21H28O4. The van der Waals surface area contributed by atoms with Crippen molar-refractivity contribution < 1.29 is 19.1 Å². The van der Waals surface area contributed by atoms with Gasteiger partial charge < -0.3 is 9.47 Å². The zero-order valence-electron chi connectivity index (χ0n) is 15.3. The van der Waals surface area contributed by atoms with Crippen molar-refractivity contribution in [2.75, 3.05) is 6.61 Å². The molecule has 4 atom stereocenters. The van der Waals surface area contributed by atoms with Crippen molar-refractivity contribution >= 4 is 11.9 Å². The number of carbonyl (C=O) groups is 2. The standard InChI is InChI=1S/C21H28O4/c1-4-5-14-24-20(22)18-13-9-10-15(2)19(18)21(23)25-16(3)17-11-7-6-8-12-17/h6-12,15-16,18-19H,4-5,13-14H2,1-3H3. The van der Waals surface area contributed by atoms with Crippen LogP contribution in [0.15, 0.2) is 42.5 Å². The largest absolute Gasteiger partial charge is 0.465 e. The fourth-order valence-corrected chi connectivity index (χ4v) is 3.16. The van der Waals surface area contributed by atoms with Crippen molar-refractivity contribution in [2.45, 2.75) is 46.1 Å². The first-order valence-corrected chi connectivity index (χ1v) is 9.13. The molecule has 0 heterocycles. The van der Waals surface area contributed by atoms with Gasteiger partial charge in [-0.05, 0) is 31.2 Å². The number of unbranched alkanes of at least 4 members (excludes halogenated alkanes) is 1. The lowest BCUT2D eigenvalue weighted by atomic mass is 9.76. The molecule has 0 saturated heterocycles. The van der Waals surface area contributed by atoms with Crippen LogP contribution in [-0.2, 0) is 19.1 Å². The van der Waals surface area contributed by atoms with Crippen molar-refractivity contribution in [3.63, 3.8) is 0 Å². The van der Waals surface area contributed by atoms with Gasteiger partial charge >= 0.3 is 11.9 Å². The Labute approximate surface area is 150 Å². The molecule has 0 fully saturated rings. The van der Waals surface area contributed by atoms with Crippen LogP contribution in [0.5, 0.6) is 0 Å². The highest BCUT2D eigenvalue weighted by atomic mass is 16.5. The first kappa shape index (κ1) is 19.2. The molecule has 0 aromatic heterocycles. The van der Waals surface area contributed by atoms with Gasteiger partial charge in [0, 0.05) is 0 Å². The molecule has 1 aromatic carbocycles. The van der Waals surface area contributed by atoms with Crippen molar-refractivity contribution in [3.8, 4) is 0 Å². The van der Waals surface area contributed by atoms with E-state index in [4.69, 9.17) is 9.47 Å². The number of benzene rings is 1. The number of allylic oxidation sites excluding steroid dienone is 2. The van der Waals surface area contributed by atoms with E-state index in [1.54, 1.807) is 0 Å². The Morgan fingerprint density at radius 1 is 1.20 bits per heavy atom. The van der Waals surface area contributed by atoms with Crippen molar-refractivity contribution in [3.05, 3.63) is 48.0 Å². The number of esters is 2. The van der Waals surface area contributed by atoms with E-state index in [9.17, 15) is 9.59 Å². The van der Waals surface area contributed by atoms with Crippen molar-refractivity contribution in [1.82, 2.24) is 0 Å². The van der Waals surface area contributed by atoms with Gasteiger partial charge in [0.15, 0.2) is 0 Å². The lowest BCUT2D eigenvalue weighted by Gasteiger charge is -2.31. The van der Waals surface area contributed by atoms with Crippen molar-refractivity contribution in [2.24, 2.45) is 17.8 Å². The van der Waals surface area contributed by atoms with Crippen molar-refractivity contribution in [1.29, 1.82) is 0 Å². The molecule has 0 amide bonds. The Morgan fingerprint density at radius 3 is 2.60 bits per heavy atom. The predicted molar refractivity (Wildman–Crippen MR) is 96.7 cm³/mol. The SMILES string of the molecule is CCCCOC(=O)C1CC=CC(C)C1C(=O)OC(C)c1ccccc1. The van der Waals surface area contributed by atoms with Gasteiger partial charge in [0.25, 0.3) is 0 Å². The molecule has 4 unspecified atom stereocenters. The van der Waals surface area contributed by atoms with Gasteiger partial charge in [-0.25, -0.2) is 0 Å². The molecule has 1 aliphatic carbocycles. The summed E-state index contributed by atoms with van der Waals surface area (Å²) in [6.07, 6.45) is 5.92. The van der Waals surface area contributed by atoms with Crippen LogP contribution in [0.2, 0.25) is 0 Å². The first-order valence-electron chi connectivity index (χ1n) is 9.13. The quantitative estimate of drug-likeness (QED) is 0.416. The second-order valence-electron chi connectivity index (χ2n) is 6.67. The molecule has 0 N–H and O–H groups in total. The van der Waals surface area contributed by atoms with Crippen LogP contribution < -0.4 is 0 Å². The van der Waals surface area contributed by atoms with E-state index in [-0.39, 0.29) is 24.0 Å². The molecule has 0 radical (unpaired) electrons. The molecule has 1 aliphatic rings. The maximum Gasteiger partial charge on any atom is 0.311 e. The van der Waals surface area contributed by atoms with Crippen LogP contribution in [0, 0.1) is 17.8 Å². The molecule has 0 spiro atoms. The van der Waals surface area contributed by atoms with E-state index in [0.717, 1.165) is 18.4 Å². The Balaban J connectivity index is 2.05.